The van der Waals surface area contributed by atoms with E-state index >= 15 is 0 Å². The first kappa shape index (κ1) is 22.7. The number of ketones is 1. The minimum Gasteiger partial charge on any atom is -0.372 e. The first-order valence-corrected chi connectivity index (χ1v) is 12.1. The van der Waals surface area contributed by atoms with Crippen LogP contribution >= 0.6 is 11.3 Å². The second-order valence-corrected chi connectivity index (χ2v) is 8.89. The monoisotopic (exact) mass is 459 g/mol. The number of benzene rings is 2. The van der Waals surface area contributed by atoms with Gasteiger partial charge in [-0.25, -0.2) is 9.97 Å². The zero-order chi connectivity index (χ0) is 23.4. The third-order valence-corrected chi connectivity index (χ3v) is 6.37. The summed E-state index contributed by atoms with van der Waals surface area (Å²) >= 11 is 1.60. The molecule has 6 nitrogen and oxygen atoms in total. The summed E-state index contributed by atoms with van der Waals surface area (Å²) in [6.07, 6.45) is 4.00. The summed E-state index contributed by atoms with van der Waals surface area (Å²) in [6, 6.07) is 14.7. The molecule has 0 saturated carbocycles. The van der Waals surface area contributed by atoms with Gasteiger partial charge >= 0.3 is 0 Å². The molecule has 0 aliphatic carbocycles. The largest absolute Gasteiger partial charge is 0.372 e. The number of hydrogen-bond acceptors (Lipinski definition) is 6. The second kappa shape index (κ2) is 10.0. The Labute approximate surface area is 198 Å². The van der Waals surface area contributed by atoms with Crippen molar-refractivity contribution in [1.82, 2.24) is 14.5 Å². The van der Waals surface area contributed by atoms with E-state index in [1.165, 1.54) is 11.3 Å². The van der Waals surface area contributed by atoms with Crippen molar-refractivity contribution >= 4 is 33.6 Å². The standard InChI is InChI=1S/C26H29N5OS/c1-5-30(6-2)23-11-12-24(18(3)13-23)28-26-29-25(16-33-26)20-7-9-22(10-8-20)31-15-21(27-17-31)14-19(4)32/h7-13,15-17H,5-6,14H2,1-4H3,(H,28,29). The van der Waals surface area contributed by atoms with E-state index in [0.717, 1.165) is 46.5 Å². The maximum atomic E-state index is 11.3. The average molecular weight is 460 g/mol. The zero-order valence-electron chi connectivity index (χ0n) is 19.5. The Morgan fingerprint density at radius 3 is 2.55 bits per heavy atom. The number of imidazole rings is 1. The number of hydrogen-bond donors (Lipinski definition) is 1. The van der Waals surface area contributed by atoms with E-state index in [1.54, 1.807) is 24.6 Å². The van der Waals surface area contributed by atoms with Crippen LogP contribution < -0.4 is 10.2 Å². The summed E-state index contributed by atoms with van der Waals surface area (Å²) in [4.78, 5) is 22.7. The summed E-state index contributed by atoms with van der Waals surface area (Å²) in [6.45, 7) is 10.1. The van der Waals surface area contributed by atoms with Crippen molar-refractivity contribution in [1.29, 1.82) is 0 Å². The molecule has 4 rings (SSSR count). The van der Waals surface area contributed by atoms with E-state index in [4.69, 9.17) is 4.98 Å². The number of nitrogens with zero attached hydrogens (tertiary/aromatic N) is 4. The van der Waals surface area contributed by atoms with E-state index in [9.17, 15) is 4.79 Å². The third kappa shape index (κ3) is 5.31. The van der Waals surface area contributed by atoms with Crippen molar-refractivity contribution in [2.24, 2.45) is 0 Å². The molecule has 4 aromatic rings. The summed E-state index contributed by atoms with van der Waals surface area (Å²) in [7, 11) is 0. The van der Waals surface area contributed by atoms with Gasteiger partial charge in [-0.1, -0.05) is 12.1 Å². The fraction of sp³-hybridized carbons (Fsp3) is 0.269. The Morgan fingerprint density at radius 1 is 1.12 bits per heavy atom. The SMILES string of the molecule is CCN(CC)c1ccc(Nc2nc(-c3ccc(-n4cnc(CC(C)=O)c4)cc3)cs2)c(C)c1. The van der Waals surface area contributed by atoms with Gasteiger partial charge < -0.3 is 14.8 Å². The quantitative estimate of drug-likeness (QED) is 0.331. The number of thiazole rings is 1. The van der Waals surface area contributed by atoms with Gasteiger partial charge in [-0.15, -0.1) is 11.3 Å². The van der Waals surface area contributed by atoms with Crippen molar-refractivity contribution in [2.45, 2.75) is 34.1 Å². The van der Waals surface area contributed by atoms with E-state index in [0.29, 0.717) is 6.42 Å². The highest BCUT2D eigenvalue weighted by molar-refractivity contribution is 7.14. The molecule has 0 aliphatic rings. The topological polar surface area (TPSA) is 63.1 Å². The van der Waals surface area contributed by atoms with E-state index < -0.39 is 0 Å². The lowest BCUT2D eigenvalue weighted by molar-refractivity contribution is -0.116. The predicted molar refractivity (Wildman–Crippen MR) is 137 cm³/mol. The van der Waals surface area contributed by atoms with Crippen LogP contribution in [0.15, 0.2) is 60.4 Å². The zero-order valence-corrected chi connectivity index (χ0v) is 20.3. The summed E-state index contributed by atoms with van der Waals surface area (Å²) in [5, 5.41) is 6.41. The molecule has 1 N–H and O–H groups in total. The van der Waals surface area contributed by atoms with Crippen LogP contribution in [0.5, 0.6) is 0 Å². The minimum atomic E-state index is 0.110. The Kier molecular flexibility index (Phi) is 6.89. The van der Waals surface area contributed by atoms with Crippen LogP contribution in [0.3, 0.4) is 0 Å². The van der Waals surface area contributed by atoms with E-state index in [2.05, 4.69) is 71.7 Å². The molecule has 170 valence electrons. The van der Waals surface area contributed by atoms with Crippen molar-refractivity contribution in [3.8, 4) is 16.9 Å². The Hall–Kier alpha value is -3.45. The lowest BCUT2D eigenvalue weighted by atomic mass is 10.1. The maximum Gasteiger partial charge on any atom is 0.187 e. The smallest absolute Gasteiger partial charge is 0.187 e. The number of carbonyl (C=O) groups excluding carboxylic acids is 1. The highest BCUT2D eigenvalue weighted by atomic mass is 32.1. The van der Waals surface area contributed by atoms with Crippen molar-refractivity contribution in [2.75, 3.05) is 23.3 Å². The lowest BCUT2D eigenvalue weighted by Crippen LogP contribution is -2.21. The number of aromatic nitrogens is 3. The molecule has 0 saturated heterocycles. The fourth-order valence-electron chi connectivity index (χ4n) is 3.81. The highest BCUT2D eigenvalue weighted by Gasteiger charge is 2.09. The molecule has 0 unspecified atom stereocenters. The number of carbonyl (C=O) groups is 1. The summed E-state index contributed by atoms with van der Waals surface area (Å²) in [5.74, 6) is 0.110. The molecule has 2 aromatic carbocycles. The van der Waals surface area contributed by atoms with E-state index in [1.807, 2.05) is 22.9 Å². The van der Waals surface area contributed by atoms with Crippen LogP contribution in [0, 0.1) is 6.92 Å². The summed E-state index contributed by atoms with van der Waals surface area (Å²) in [5.41, 5.74) is 7.29. The molecule has 0 atom stereocenters. The molecule has 7 heteroatoms. The van der Waals surface area contributed by atoms with Crippen LogP contribution in [-0.4, -0.2) is 33.4 Å². The lowest BCUT2D eigenvalue weighted by Gasteiger charge is -2.22. The van der Waals surface area contributed by atoms with E-state index in [-0.39, 0.29) is 5.78 Å². The average Bonchev–Trinajstić information content (AvgIpc) is 3.46. The fourth-order valence-corrected chi connectivity index (χ4v) is 4.54. The van der Waals surface area contributed by atoms with Gasteiger partial charge in [0.25, 0.3) is 0 Å². The molecular weight excluding hydrogens is 430 g/mol. The molecule has 0 amide bonds. The number of Topliss-reactive ketones (excluding diaryl/α,β-unsaturated/α-hetero) is 1. The normalized spacial score (nSPS) is 10.9. The van der Waals surface area contributed by atoms with Gasteiger partial charge in [-0.2, -0.15) is 0 Å². The Bertz CT molecular complexity index is 1240. The van der Waals surface area contributed by atoms with Gasteiger partial charge in [0.2, 0.25) is 0 Å². The molecule has 2 heterocycles. The minimum absolute atomic E-state index is 0.110. The first-order valence-electron chi connectivity index (χ1n) is 11.2. The van der Waals surface area contributed by atoms with Gasteiger partial charge in [-0.3, -0.25) is 4.79 Å². The number of nitrogens with one attached hydrogen (secondary N) is 1. The number of aryl methyl sites for hydroxylation is 1. The molecule has 0 radical (unpaired) electrons. The van der Waals surface area contributed by atoms with Crippen LogP contribution in [-0.2, 0) is 11.2 Å². The Balaban J connectivity index is 1.46. The molecule has 0 bridgehead atoms. The maximum absolute atomic E-state index is 11.3. The van der Waals surface area contributed by atoms with Crippen LogP contribution in [0.4, 0.5) is 16.5 Å². The van der Waals surface area contributed by atoms with Gasteiger partial charge in [-0.05, 0) is 63.6 Å². The Morgan fingerprint density at radius 2 is 1.88 bits per heavy atom. The summed E-state index contributed by atoms with van der Waals surface area (Å²) < 4.78 is 1.93. The molecule has 0 fully saturated rings. The molecule has 33 heavy (non-hydrogen) atoms. The van der Waals surface area contributed by atoms with Gasteiger partial charge in [0.05, 0.1) is 17.7 Å². The van der Waals surface area contributed by atoms with Crippen molar-refractivity contribution < 1.29 is 4.79 Å². The highest BCUT2D eigenvalue weighted by Crippen LogP contribution is 2.30. The molecule has 2 aromatic heterocycles. The molecule has 0 aliphatic heterocycles. The molecular formula is C26H29N5OS. The van der Waals surface area contributed by atoms with Gasteiger partial charge in [0.1, 0.15) is 5.78 Å². The predicted octanol–water partition coefficient (Wildman–Crippen LogP) is 6.03. The number of rotatable bonds is 9. The van der Waals surface area contributed by atoms with Crippen LogP contribution in [0.25, 0.3) is 16.9 Å². The van der Waals surface area contributed by atoms with Gasteiger partial charge in [0.15, 0.2) is 5.13 Å². The first-order chi connectivity index (χ1) is 16.0. The van der Waals surface area contributed by atoms with Crippen molar-refractivity contribution in [3.63, 3.8) is 0 Å². The van der Waals surface area contributed by atoms with Crippen LogP contribution in [0.1, 0.15) is 32.0 Å². The molecule has 0 spiro atoms. The van der Waals surface area contributed by atoms with Gasteiger partial charge in [0, 0.05) is 53.7 Å². The van der Waals surface area contributed by atoms with Crippen LogP contribution in [0.2, 0.25) is 0 Å². The second-order valence-electron chi connectivity index (χ2n) is 8.03. The van der Waals surface area contributed by atoms with Crippen molar-refractivity contribution in [3.05, 3.63) is 71.6 Å². The number of anilines is 3. The third-order valence-electron chi connectivity index (χ3n) is 5.61.